The van der Waals surface area contributed by atoms with E-state index in [1.807, 2.05) is 0 Å². The van der Waals surface area contributed by atoms with Crippen molar-refractivity contribution < 1.29 is 23.6 Å². The summed E-state index contributed by atoms with van der Waals surface area (Å²) in [5.41, 5.74) is -0.0226. The molecule has 8 heteroatoms. The van der Waals surface area contributed by atoms with Gasteiger partial charge in [0.25, 0.3) is 5.91 Å². The van der Waals surface area contributed by atoms with Crippen LogP contribution in [0.4, 0.5) is 14.9 Å². The van der Waals surface area contributed by atoms with Crippen LogP contribution in [0, 0.1) is 5.82 Å². The summed E-state index contributed by atoms with van der Waals surface area (Å²) in [6.45, 7) is 3.04. The standard InChI is InChI=1S/C22H22FN3O4/c1-3-19(28)24-17-11-5-14(6-12-17)18(27)13-26-20(29)22(4-2,25-21(26)30)15-7-9-16(23)10-8-15/h5-12H,3-4,13H2,1-2H3,(H,24,28)(H,25,30)/t22-/m1/s1. The number of halogens is 1. The van der Waals surface area contributed by atoms with E-state index in [0.29, 0.717) is 23.2 Å². The van der Waals surface area contributed by atoms with E-state index >= 15 is 0 Å². The molecule has 2 N–H and O–H groups in total. The van der Waals surface area contributed by atoms with Gasteiger partial charge in [0, 0.05) is 17.7 Å². The molecule has 0 unspecified atom stereocenters. The highest BCUT2D eigenvalue weighted by atomic mass is 19.1. The number of nitrogens with one attached hydrogen (secondary N) is 2. The quantitative estimate of drug-likeness (QED) is 0.540. The molecule has 0 bridgehead atoms. The average Bonchev–Trinajstić information content (AvgIpc) is 2.99. The van der Waals surface area contributed by atoms with Crippen molar-refractivity contribution in [3.8, 4) is 0 Å². The molecule has 0 aliphatic carbocycles. The highest BCUT2D eigenvalue weighted by Gasteiger charge is 2.51. The Labute approximate surface area is 173 Å². The molecular formula is C22H22FN3O4. The maximum Gasteiger partial charge on any atom is 0.325 e. The van der Waals surface area contributed by atoms with E-state index in [0.717, 1.165) is 4.90 Å². The second-order valence-corrected chi connectivity index (χ2v) is 6.99. The van der Waals surface area contributed by atoms with Gasteiger partial charge in [0.2, 0.25) is 5.91 Å². The largest absolute Gasteiger partial charge is 0.326 e. The molecule has 1 heterocycles. The van der Waals surface area contributed by atoms with Gasteiger partial charge in [0.15, 0.2) is 5.78 Å². The maximum absolute atomic E-state index is 13.3. The third-order valence-corrected chi connectivity index (χ3v) is 5.16. The number of amides is 4. The molecule has 2 aromatic carbocycles. The van der Waals surface area contributed by atoms with Gasteiger partial charge in [-0.05, 0) is 48.4 Å². The Morgan fingerprint density at radius 2 is 1.67 bits per heavy atom. The van der Waals surface area contributed by atoms with Gasteiger partial charge >= 0.3 is 6.03 Å². The highest BCUT2D eigenvalue weighted by molar-refractivity contribution is 6.11. The third-order valence-electron chi connectivity index (χ3n) is 5.16. The summed E-state index contributed by atoms with van der Waals surface area (Å²) in [7, 11) is 0. The molecule has 3 rings (SSSR count). The number of nitrogens with zero attached hydrogens (tertiary/aromatic N) is 1. The van der Waals surface area contributed by atoms with E-state index in [1.165, 1.54) is 36.4 Å². The molecule has 0 saturated carbocycles. The topological polar surface area (TPSA) is 95.6 Å². The summed E-state index contributed by atoms with van der Waals surface area (Å²) in [5.74, 6) is -1.57. The molecule has 4 amide bonds. The van der Waals surface area contributed by atoms with Crippen LogP contribution in [0.2, 0.25) is 0 Å². The first kappa shape index (κ1) is 21.2. The number of urea groups is 1. The molecule has 1 aliphatic rings. The van der Waals surface area contributed by atoms with Crippen molar-refractivity contribution >= 4 is 29.3 Å². The lowest BCUT2D eigenvalue weighted by Crippen LogP contribution is -2.43. The van der Waals surface area contributed by atoms with Crippen LogP contribution in [0.5, 0.6) is 0 Å². The molecule has 2 aromatic rings. The highest BCUT2D eigenvalue weighted by Crippen LogP contribution is 2.32. The van der Waals surface area contributed by atoms with Crippen LogP contribution in [0.15, 0.2) is 48.5 Å². The van der Waals surface area contributed by atoms with E-state index in [-0.39, 0.29) is 12.3 Å². The van der Waals surface area contributed by atoms with Crippen molar-refractivity contribution in [3.05, 3.63) is 65.5 Å². The van der Waals surface area contributed by atoms with Crippen LogP contribution in [-0.4, -0.2) is 35.1 Å². The minimum Gasteiger partial charge on any atom is -0.326 e. The summed E-state index contributed by atoms with van der Waals surface area (Å²) in [4.78, 5) is 50.5. The first-order chi connectivity index (χ1) is 14.3. The lowest BCUT2D eigenvalue weighted by Gasteiger charge is -2.25. The summed E-state index contributed by atoms with van der Waals surface area (Å²) >= 11 is 0. The van der Waals surface area contributed by atoms with Gasteiger partial charge in [-0.3, -0.25) is 19.3 Å². The van der Waals surface area contributed by atoms with Gasteiger partial charge in [-0.2, -0.15) is 0 Å². The van der Waals surface area contributed by atoms with E-state index in [1.54, 1.807) is 26.0 Å². The molecule has 1 atom stereocenters. The molecule has 30 heavy (non-hydrogen) atoms. The zero-order valence-electron chi connectivity index (χ0n) is 16.7. The predicted molar refractivity (Wildman–Crippen MR) is 108 cm³/mol. The average molecular weight is 411 g/mol. The van der Waals surface area contributed by atoms with Gasteiger partial charge in [0.1, 0.15) is 11.4 Å². The van der Waals surface area contributed by atoms with Crippen molar-refractivity contribution in [1.82, 2.24) is 10.2 Å². The van der Waals surface area contributed by atoms with Crippen LogP contribution in [0.1, 0.15) is 42.6 Å². The van der Waals surface area contributed by atoms with Crippen LogP contribution in [0.25, 0.3) is 0 Å². The Morgan fingerprint density at radius 1 is 1.03 bits per heavy atom. The normalized spacial score (nSPS) is 18.3. The fourth-order valence-electron chi connectivity index (χ4n) is 3.37. The zero-order valence-corrected chi connectivity index (χ0v) is 16.7. The lowest BCUT2D eigenvalue weighted by atomic mass is 9.87. The minimum atomic E-state index is -1.33. The van der Waals surface area contributed by atoms with Gasteiger partial charge in [0.05, 0.1) is 6.54 Å². The summed E-state index contributed by atoms with van der Waals surface area (Å²) in [6, 6.07) is 10.9. The third kappa shape index (κ3) is 3.94. The fraction of sp³-hybridized carbons (Fsp3) is 0.273. The number of hydrogen-bond donors (Lipinski definition) is 2. The molecular weight excluding hydrogens is 389 g/mol. The molecule has 0 spiro atoms. The smallest absolute Gasteiger partial charge is 0.325 e. The number of carbonyl (C=O) groups is 4. The fourth-order valence-corrected chi connectivity index (χ4v) is 3.37. The SMILES string of the molecule is CCC(=O)Nc1ccc(C(=O)CN2C(=O)N[C@](CC)(c3ccc(F)cc3)C2=O)cc1. The Morgan fingerprint density at radius 3 is 2.23 bits per heavy atom. The van der Waals surface area contributed by atoms with Crippen LogP contribution < -0.4 is 10.6 Å². The second-order valence-electron chi connectivity index (χ2n) is 6.99. The van der Waals surface area contributed by atoms with Gasteiger partial charge in [-0.25, -0.2) is 9.18 Å². The number of Topliss-reactive ketones (excluding diaryl/α,β-unsaturated/α-hetero) is 1. The minimum absolute atomic E-state index is 0.148. The number of ketones is 1. The van der Waals surface area contributed by atoms with Gasteiger partial charge in [-0.15, -0.1) is 0 Å². The Balaban J connectivity index is 1.77. The van der Waals surface area contributed by atoms with Gasteiger partial charge in [-0.1, -0.05) is 26.0 Å². The molecule has 156 valence electrons. The van der Waals surface area contributed by atoms with Crippen molar-refractivity contribution in [3.63, 3.8) is 0 Å². The summed E-state index contributed by atoms with van der Waals surface area (Å²) < 4.78 is 13.3. The van der Waals surface area contributed by atoms with Crippen LogP contribution in [0.3, 0.4) is 0 Å². The summed E-state index contributed by atoms with van der Waals surface area (Å²) in [5, 5.41) is 5.34. The molecule has 7 nitrogen and oxygen atoms in total. The molecule has 1 fully saturated rings. The number of benzene rings is 2. The maximum atomic E-state index is 13.3. The molecule has 1 aliphatic heterocycles. The molecule has 1 saturated heterocycles. The molecule has 0 aromatic heterocycles. The number of hydrogen-bond acceptors (Lipinski definition) is 4. The first-order valence-corrected chi connectivity index (χ1v) is 9.64. The first-order valence-electron chi connectivity index (χ1n) is 9.64. The monoisotopic (exact) mass is 411 g/mol. The Bertz CT molecular complexity index is 988. The van der Waals surface area contributed by atoms with Gasteiger partial charge < -0.3 is 10.6 Å². The van der Waals surface area contributed by atoms with Crippen molar-refractivity contribution in [2.45, 2.75) is 32.2 Å². The van der Waals surface area contributed by atoms with E-state index < -0.39 is 35.6 Å². The van der Waals surface area contributed by atoms with Crippen molar-refractivity contribution in [2.75, 3.05) is 11.9 Å². The van der Waals surface area contributed by atoms with E-state index in [4.69, 9.17) is 0 Å². The Hall–Kier alpha value is -3.55. The number of anilines is 1. The molecule has 0 radical (unpaired) electrons. The van der Waals surface area contributed by atoms with Crippen molar-refractivity contribution in [2.24, 2.45) is 0 Å². The van der Waals surface area contributed by atoms with Crippen molar-refractivity contribution in [1.29, 1.82) is 0 Å². The number of imide groups is 1. The van der Waals surface area contributed by atoms with E-state index in [9.17, 15) is 23.6 Å². The van der Waals surface area contributed by atoms with Crippen LogP contribution >= 0.6 is 0 Å². The number of carbonyl (C=O) groups excluding carboxylic acids is 4. The zero-order chi connectivity index (χ0) is 21.9. The summed E-state index contributed by atoms with van der Waals surface area (Å²) in [6.07, 6.45) is 0.583. The lowest BCUT2D eigenvalue weighted by molar-refractivity contribution is -0.131. The second kappa shape index (κ2) is 8.44. The number of rotatable bonds is 7. The van der Waals surface area contributed by atoms with E-state index in [2.05, 4.69) is 10.6 Å². The Kier molecular flexibility index (Phi) is 5.96. The van der Waals surface area contributed by atoms with Crippen LogP contribution in [-0.2, 0) is 15.1 Å². The predicted octanol–water partition coefficient (Wildman–Crippen LogP) is 3.21.